The number of carbonyl (C=O) groups is 1. The van der Waals surface area contributed by atoms with E-state index in [4.69, 9.17) is 4.98 Å². The van der Waals surface area contributed by atoms with Gasteiger partial charge in [-0.3, -0.25) is 9.78 Å². The summed E-state index contributed by atoms with van der Waals surface area (Å²) in [4.78, 5) is 23.3. The second-order valence-electron chi connectivity index (χ2n) is 7.16. The molecule has 29 heavy (non-hydrogen) atoms. The van der Waals surface area contributed by atoms with Gasteiger partial charge >= 0.3 is 0 Å². The molecule has 0 bridgehead atoms. The van der Waals surface area contributed by atoms with Crippen molar-refractivity contribution in [2.24, 2.45) is 0 Å². The van der Waals surface area contributed by atoms with Crippen LogP contribution in [0.5, 0.6) is 0 Å². The quantitative estimate of drug-likeness (QED) is 0.476. The lowest BCUT2D eigenvalue weighted by atomic mass is 10.1. The number of imidazole rings is 1. The van der Waals surface area contributed by atoms with Crippen LogP contribution in [0.1, 0.15) is 28.2 Å². The monoisotopic (exact) mass is 384 g/mol. The van der Waals surface area contributed by atoms with Crippen LogP contribution in [0.3, 0.4) is 0 Å². The molecule has 0 spiro atoms. The minimum atomic E-state index is -0.0546. The molecule has 4 rings (SSSR count). The lowest BCUT2D eigenvalue weighted by Gasteiger charge is -2.18. The number of hydrogen-bond acceptors (Lipinski definition) is 3. The molecule has 146 valence electrons. The third-order valence-corrected chi connectivity index (χ3v) is 5.06. The van der Waals surface area contributed by atoms with Crippen molar-refractivity contribution >= 4 is 16.9 Å². The molecular formula is C24H24N4O. The topological polar surface area (TPSA) is 51.0 Å². The Kier molecular flexibility index (Phi) is 5.66. The molecule has 0 radical (unpaired) electrons. The van der Waals surface area contributed by atoms with Crippen LogP contribution in [-0.4, -0.2) is 32.4 Å². The predicted octanol–water partition coefficient (Wildman–Crippen LogP) is 4.34. The average molecular weight is 384 g/mol. The number of nitrogens with zero attached hydrogens (tertiary/aromatic N) is 4. The fourth-order valence-electron chi connectivity index (χ4n) is 3.58. The number of benzene rings is 2. The highest BCUT2D eigenvalue weighted by Crippen LogP contribution is 2.19. The molecule has 2 aromatic heterocycles. The summed E-state index contributed by atoms with van der Waals surface area (Å²) in [6.45, 7) is 1.31. The standard InChI is InChI=1S/C24H24N4O/c1-27(24(29)20-12-7-15-25-17-20)18-23-26-21-13-5-6-14-22(21)28(23)16-8-11-19-9-3-2-4-10-19/h2-7,9-10,12-15,17H,8,11,16,18H2,1H3. The van der Waals surface area contributed by atoms with Crippen LogP contribution in [0.2, 0.25) is 0 Å². The van der Waals surface area contributed by atoms with E-state index >= 15 is 0 Å². The molecule has 4 aromatic rings. The van der Waals surface area contributed by atoms with Crippen LogP contribution in [0.25, 0.3) is 11.0 Å². The number of aromatic nitrogens is 3. The first kappa shape index (κ1) is 18.9. The zero-order valence-electron chi connectivity index (χ0n) is 16.5. The molecule has 0 saturated heterocycles. The molecule has 0 aliphatic rings. The Morgan fingerprint density at radius 3 is 2.59 bits per heavy atom. The molecule has 5 heteroatoms. The van der Waals surface area contributed by atoms with Crippen molar-refractivity contribution in [2.75, 3.05) is 7.05 Å². The molecular weight excluding hydrogens is 360 g/mol. The number of rotatable bonds is 7. The maximum Gasteiger partial charge on any atom is 0.255 e. The van der Waals surface area contributed by atoms with E-state index in [1.165, 1.54) is 5.56 Å². The molecule has 2 heterocycles. The van der Waals surface area contributed by atoms with Crippen molar-refractivity contribution in [1.29, 1.82) is 0 Å². The summed E-state index contributed by atoms with van der Waals surface area (Å²) in [5.74, 6) is 0.847. The van der Waals surface area contributed by atoms with Crippen LogP contribution in [-0.2, 0) is 19.5 Å². The lowest BCUT2D eigenvalue weighted by molar-refractivity contribution is 0.0780. The van der Waals surface area contributed by atoms with Crippen molar-refractivity contribution in [2.45, 2.75) is 25.9 Å². The third kappa shape index (κ3) is 4.35. The zero-order chi connectivity index (χ0) is 20.1. The SMILES string of the molecule is CN(Cc1nc2ccccc2n1CCCc1ccccc1)C(=O)c1cccnc1. The molecule has 0 unspecified atom stereocenters. The second-order valence-corrected chi connectivity index (χ2v) is 7.16. The van der Waals surface area contributed by atoms with E-state index in [0.717, 1.165) is 36.2 Å². The summed E-state index contributed by atoms with van der Waals surface area (Å²) in [7, 11) is 1.81. The van der Waals surface area contributed by atoms with Crippen molar-refractivity contribution in [3.63, 3.8) is 0 Å². The van der Waals surface area contributed by atoms with Gasteiger partial charge in [-0.15, -0.1) is 0 Å². The fraction of sp³-hybridized carbons (Fsp3) is 0.208. The fourth-order valence-corrected chi connectivity index (χ4v) is 3.58. The second kappa shape index (κ2) is 8.69. The van der Waals surface area contributed by atoms with Crippen molar-refractivity contribution in [3.8, 4) is 0 Å². The molecule has 0 aliphatic carbocycles. The maximum atomic E-state index is 12.7. The summed E-state index contributed by atoms with van der Waals surface area (Å²) < 4.78 is 2.24. The minimum absolute atomic E-state index is 0.0546. The van der Waals surface area contributed by atoms with Gasteiger partial charge in [-0.2, -0.15) is 0 Å². The van der Waals surface area contributed by atoms with Crippen molar-refractivity contribution in [1.82, 2.24) is 19.4 Å². The highest BCUT2D eigenvalue weighted by atomic mass is 16.2. The van der Waals surface area contributed by atoms with Gasteiger partial charge in [0.25, 0.3) is 5.91 Å². The molecule has 0 aliphatic heterocycles. The van der Waals surface area contributed by atoms with Gasteiger partial charge in [0.1, 0.15) is 5.82 Å². The van der Waals surface area contributed by atoms with E-state index < -0.39 is 0 Å². The van der Waals surface area contributed by atoms with Gasteiger partial charge in [-0.25, -0.2) is 4.98 Å². The summed E-state index contributed by atoms with van der Waals surface area (Å²) in [6, 6.07) is 22.2. The Morgan fingerprint density at radius 2 is 1.79 bits per heavy atom. The van der Waals surface area contributed by atoms with Gasteiger partial charge in [0.05, 0.1) is 23.1 Å². The van der Waals surface area contributed by atoms with E-state index in [0.29, 0.717) is 12.1 Å². The Hall–Kier alpha value is -3.47. The molecule has 0 atom stereocenters. The summed E-state index contributed by atoms with van der Waals surface area (Å²) in [5.41, 5.74) is 3.99. The van der Waals surface area contributed by atoms with Gasteiger partial charge in [0, 0.05) is 26.0 Å². The Balaban J connectivity index is 1.53. The van der Waals surface area contributed by atoms with Gasteiger partial charge in [0.2, 0.25) is 0 Å². The van der Waals surface area contributed by atoms with E-state index in [2.05, 4.69) is 39.9 Å². The highest BCUT2D eigenvalue weighted by molar-refractivity contribution is 5.93. The van der Waals surface area contributed by atoms with E-state index in [1.807, 2.05) is 31.3 Å². The highest BCUT2D eigenvalue weighted by Gasteiger charge is 2.17. The first-order valence-corrected chi connectivity index (χ1v) is 9.86. The van der Waals surface area contributed by atoms with Gasteiger partial charge in [-0.1, -0.05) is 42.5 Å². The van der Waals surface area contributed by atoms with Crippen LogP contribution in [0.4, 0.5) is 0 Å². The predicted molar refractivity (Wildman–Crippen MR) is 115 cm³/mol. The van der Waals surface area contributed by atoms with Crippen LogP contribution in [0.15, 0.2) is 79.1 Å². The van der Waals surface area contributed by atoms with E-state index in [1.54, 1.807) is 29.4 Å². The Labute approximate surface area is 170 Å². The normalized spacial score (nSPS) is 10.9. The van der Waals surface area contributed by atoms with Crippen molar-refractivity contribution < 1.29 is 4.79 Å². The number of fused-ring (bicyclic) bond motifs is 1. The summed E-state index contributed by atoms with van der Waals surface area (Å²) >= 11 is 0. The Morgan fingerprint density at radius 1 is 1.00 bits per heavy atom. The molecule has 0 N–H and O–H groups in total. The first-order valence-electron chi connectivity index (χ1n) is 9.86. The van der Waals surface area contributed by atoms with Gasteiger partial charge in [0.15, 0.2) is 0 Å². The van der Waals surface area contributed by atoms with Gasteiger partial charge in [-0.05, 0) is 42.7 Å². The Bertz CT molecular complexity index is 1090. The largest absolute Gasteiger partial charge is 0.334 e. The van der Waals surface area contributed by atoms with Crippen molar-refractivity contribution in [3.05, 3.63) is 96.1 Å². The molecule has 1 amide bonds. The maximum absolute atomic E-state index is 12.7. The molecule has 2 aromatic carbocycles. The zero-order valence-corrected chi connectivity index (χ0v) is 16.5. The molecule has 0 saturated carbocycles. The first-order chi connectivity index (χ1) is 14.2. The minimum Gasteiger partial charge on any atom is -0.334 e. The van der Waals surface area contributed by atoms with Crippen LogP contribution in [0, 0.1) is 0 Å². The number of hydrogen-bond donors (Lipinski definition) is 0. The van der Waals surface area contributed by atoms with Gasteiger partial charge < -0.3 is 9.47 Å². The average Bonchev–Trinajstić information content (AvgIpc) is 3.11. The number of aryl methyl sites for hydroxylation is 2. The van der Waals surface area contributed by atoms with E-state index in [9.17, 15) is 4.79 Å². The number of pyridine rings is 1. The third-order valence-electron chi connectivity index (χ3n) is 5.06. The summed E-state index contributed by atoms with van der Waals surface area (Å²) in [6.07, 6.45) is 5.29. The lowest BCUT2D eigenvalue weighted by Crippen LogP contribution is -2.28. The number of amides is 1. The smallest absolute Gasteiger partial charge is 0.255 e. The number of carbonyl (C=O) groups excluding carboxylic acids is 1. The molecule has 0 fully saturated rings. The van der Waals surface area contributed by atoms with Crippen LogP contribution < -0.4 is 0 Å². The molecule has 5 nitrogen and oxygen atoms in total. The van der Waals surface area contributed by atoms with E-state index in [-0.39, 0.29) is 5.91 Å². The number of para-hydroxylation sites is 2. The summed E-state index contributed by atoms with van der Waals surface area (Å²) in [5, 5.41) is 0. The van der Waals surface area contributed by atoms with Crippen LogP contribution >= 0.6 is 0 Å².